The van der Waals surface area contributed by atoms with Crippen molar-refractivity contribution in [3.63, 3.8) is 0 Å². The number of Topliss-reactive ketones (excluding diaryl/α,β-unsaturated/α-hetero) is 1. The number of esters is 1. The average molecular weight is 320 g/mol. The van der Waals surface area contributed by atoms with Gasteiger partial charge in [-0.2, -0.15) is 0 Å². The van der Waals surface area contributed by atoms with Gasteiger partial charge in [0.05, 0.1) is 12.0 Å². The Morgan fingerprint density at radius 2 is 1.91 bits per heavy atom. The van der Waals surface area contributed by atoms with Crippen LogP contribution in [-0.2, 0) is 19.1 Å². The first-order valence-electron chi connectivity index (χ1n) is 9.36. The lowest BCUT2D eigenvalue weighted by Gasteiger charge is -2.44. The fraction of sp³-hybridized carbons (Fsp3) is 0.895. The first kappa shape index (κ1) is 15.6. The summed E-state index contributed by atoms with van der Waals surface area (Å²) in [5.41, 5.74) is 0. The number of carbonyl (C=O) groups is 2. The van der Waals surface area contributed by atoms with E-state index in [0.29, 0.717) is 30.1 Å². The molecule has 4 rings (SSSR count). The Morgan fingerprint density at radius 3 is 2.65 bits per heavy atom. The van der Waals surface area contributed by atoms with E-state index in [1.54, 1.807) is 0 Å². The molecule has 1 aliphatic heterocycles. The topological polar surface area (TPSA) is 52.6 Å². The van der Waals surface area contributed by atoms with Gasteiger partial charge >= 0.3 is 5.97 Å². The summed E-state index contributed by atoms with van der Waals surface area (Å²) < 4.78 is 12.0. The maximum absolute atomic E-state index is 12.2. The molecule has 4 nitrogen and oxygen atoms in total. The Bertz CT molecular complexity index is 513. The second-order valence-corrected chi connectivity index (χ2v) is 8.60. The third kappa shape index (κ3) is 2.36. The Morgan fingerprint density at radius 1 is 1.13 bits per heavy atom. The minimum absolute atomic E-state index is 0.0627. The van der Waals surface area contributed by atoms with Crippen molar-refractivity contribution < 1.29 is 19.1 Å². The number of ether oxygens (including phenoxy) is 2. The molecule has 1 saturated heterocycles. The van der Waals surface area contributed by atoms with Crippen LogP contribution in [0.25, 0.3) is 0 Å². The number of rotatable bonds is 3. The van der Waals surface area contributed by atoms with Crippen LogP contribution in [0.3, 0.4) is 0 Å². The second kappa shape index (κ2) is 5.58. The summed E-state index contributed by atoms with van der Waals surface area (Å²) in [6.45, 7) is 6.80. The van der Waals surface area contributed by atoms with Crippen molar-refractivity contribution in [3.8, 4) is 0 Å². The Kier molecular flexibility index (Phi) is 3.79. The van der Waals surface area contributed by atoms with Gasteiger partial charge in [-0.05, 0) is 42.9 Å². The van der Waals surface area contributed by atoms with Crippen molar-refractivity contribution in [1.29, 1.82) is 0 Å². The van der Waals surface area contributed by atoms with Crippen molar-refractivity contribution in [3.05, 3.63) is 0 Å². The molecular formula is C19H28O4. The summed E-state index contributed by atoms with van der Waals surface area (Å²) in [6, 6.07) is 0. The molecule has 3 aliphatic carbocycles. The average Bonchev–Trinajstić information content (AvgIpc) is 2.87. The zero-order chi connectivity index (χ0) is 16.3. The molecule has 0 unspecified atom stereocenters. The number of hydrogen-bond acceptors (Lipinski definition) is 4. The number of ketones is 1. The minimum Gasteiger partial charge on any atom is -0.435 e. The van der Waals surface area contributed by atoms with Crippen molar-refractivity contribution in [1.82, 2.24) is 0 Å². The van der Waals surface area contributed by atoms with Crippen LogP contribution in [0.15, 0.2) is 0 Å². The number of fused-ring (bicyclic) bond motifs is 4. The lowest BCUT2D eigenvalue weighted by atomic mass is 9.58. The number of hydrogen-bond donors (Lipinski definition) is 0. The molecule has 0 aromatic rings. The summed E-state index contributed by atoms with van der Waals surface area (Å²) in [4.78, 5) is 24.2. The van der Waals surface area contributed by atoms with Gasteiger partial charge < -0.3 is 9.47 Å². The predicted molar refractivity (Wildman–Crippen MR) is 84.3 cm³/mol. The predicted octanol–water partition coefficient (Wildman–Crippen LogP) is 3.19. The summed E-state index contributed by atoms with van der Waals surface area (Å²) in [5, 5.41) is 0. The van der Waals surface area contributed by atoms with E-state index in [4.69, 9.17) is 9.47 Å². The molecule has 23 heavy (non-hydrogen) atoms. The summed E-state index contributed by atoms with van der Waals surface area (Å²) >= 11 is 0. The summed E-state index contributed by atoms with van der Waals surface area (Å²) in [7, 11) is 0. The monoisotopic (exact) mass is 320 g/mol. The second-order valence-electron chi connectivity index (χ2n) is 8.60. The molecule has 4 aliphatic rings. The third-order valence-corrected chi connectivity index (χ3v) is 6.94. The van der Waals surface area contributed by atoms with Gasteiger partial charge in [0.15, 0.2) is 0 Å². The molecule has 0 spiro atoms. The minimum atomic E-state index is -0.406. The van der Waals surface area contributed by atoms with Crippen LogP contribution >= 0.6 is 0 Å². The standard InChI is InChI=1S/C19H28O4/c1-9(2)11-5-4-10(3)8-14(11)22-19-16-12-6-7-13(20)15(12)17(16)18(21)23-19/h9-12,14-17,19H,4-8H2,1-3H3/t10-,11+,12+,14-,15+,16-,17+,19-/m1/s1. The van der Waals surface area contributed by atoms with Crippen LogP contribution in [0.5, 0.6) is 0 Å². The maximum Gasteiger partial charge on any atom is 0.312 e. The Labute approximate surface area is 138 Å². The largest absolute Gasteiger partial charge is 0.435 e. The molecule has 1 heterocycles. The van der Waals surface area contributed by atoms with E-state index in [-0.39, 0.29) is 35.6 Å². The van der Waals surface area contributed by atoms with E-state index >= 15 is 0 Å². The van der Waals surface area contributed by atoms with E-state index in [2.05, 4.69) is 20.8 Å². The van der Waals surface area contributed by atoms with Crippen molar-refractivity contribution in [2.24, 2.45) is 41.4 Å². The molecule has 3 saturated carbocycles. The molecule has 4 fully saturated rings. The summed E-state index contributed by atoms with van der Waals surface area (Å²) in [5.74, 6) is 2.05. The molecule has 0 amide bonds. The van der Waals surface area contributed by atoms with Crippen molar-refractivity contribution >= 4 is 11.8 Å². The van der Waals surface area contributed by atoms with Gasteiger partial charge in [0, 0.05) is 18.3 Å². The third-order valence-electron chi connectivity index (χ3n) is 6.94. The highest BCUT2D eigenvalue weighted by atomic mass is 16.7. The number of carbonyl (C=O) groups excluding carboxylic acids is 2. The zero-order valence-corrected chi connectivity index (χ0v) is 14.4. The van der Waals surface area contributed by atoms with Crippen molar-refractivity contribution in [2.75, 3.05) is 0 Å². The highest BCUT2D eigenvalue weighted by molar-refractivity contribution is 5.92. The molecule has 0 bridgehead atoms. The highest BCUT2D eigenvalue weighted by Crippen LogP contribution is 2.59. The lowest BCUT2D eigenvalue weighted by molar-refractivity contribution is -0.206. The summed E-state index contributed by atoms with van der Waals surface area (Å²) in [6.07, 6.45) is 4.85. The van der Waals surface area contributed by atoms with Gasteiger partial charge in [0.25, 0.3) is 0 Å². The maximum atomic E-state index is 12.2. The first-order valence-corrected chi connectivity index (χ1v) is 9.36. The Balaban J connectivity index is 1.48. The molecule has 8 atom stereocenters. The van der Waals surface area contributed by atoms with E-state index in [1.165, 1.54) is 12.8 Å². The first-order chi connectivity index (χ1) is 11.0. The molecular weight excluding hydrogens is 292 g/mol. The SMILES string of the molecule is CC(C)[C@@H]1CC[C@@H](C)C[C@H]1O[C@@H]1OC(=O)[C@H]2[C@@H]3C(=O)CC[C@@H]3[C@@H]12. The quantitative estimate of drug-likeness (QED) is 0.749. The van der Waals surface area contributed by atoms with Crippen LogP contribution in [0.2, 0.25) is 0 Å². The van der Waals surface area contributed by atoms with Gasteiger partial charge in [-0.25, -0.2) is 0 Å². The van der Waals surface area contributed by atoms with E-state index < -0.39 is 6.29 Å². The fourth-order valence-electron chi connectivity index (χ4n) is 5.66. The van der Waals surface area contributed by atoms with Gasteiger partial charge in [-0.1, -0.05) is 27.2 Å². The molecule has 4 heteroatoms. The van der Waals surface area contributed by atoms with Crippen LogP contribution in [0, 0.1) is 41.4 Å². The fourth-order valence-corrected chi connectivity index (χ4v) is 5.66. The molecule has 0 aromatic heterocycles. The molecule has 128 valence electrons. The molecule has 0 aromatic carbocycles. The Hall–Kier alpha value is -0.900. The van der Waals surface area contributed by atoms with Gasteiger partial charge in [0.2, 0.25) is 6.29 Å². The van der Waals surface area contributed by atoms with Crippen LogP contribution in [-0.4, -0.2) is 24.1 Å². The van der Waals surface area contributed by atoms with Gasteiger partial charge in [-0.3, -0.25) is 9.59 Å². The van der Waals surface area contributed by atoms with Gasteiger partial charge in [-0.15, -0.1) is 0 Å². The van der Waals surface area contributed by atoms with Crippen molar-refractivity contribution in [2.45, 2.75) is 65.3 Å². The normalized spacial score (nSPS) is 48.9. The van der Waals surface area contributed by atoms with Crippen LogP contribution < -0.4 is 0 Å². The van der Waals surface area contributed by atoms with E-state index in [0.717, 1.165) is 12.8 Å². The lowest BCUT2D eigenvalue weighted by Crippen LogP contribution is -2.50. The van der Waals surface area contributed by atoms with Gasteiger partial charge in [0.1, 0.15) is 5.78 Å². The highest BCUT2D eigenvalue weighted by Gasteiger charge is 2.67. The van der Waals surface area contributed by atoms with Crippen LogP contribution in [0.1, 0.15) is 52.9 Å². The van der Waals surface area contributed by atoms with Crippen LogP contribution in [0.4, 0.5) is 0 Å². The smallest absolute Gasteiger partial charge is 0.312 e. The van der Waals surface area contributed by atoms with E-state index in [9.17, 15) is 9.59 Å². The zero-order valence-electron chi connectivity index (χ0n) is 14.4. The number of cyclic esters (lactones) is 1. The molecule has 0 radical (unpaired) electrons. The molecule has 0 N–H and O–H groups in total. The van der Waals surface area contributed by atoms with E-state index in [1.807, 2.05) is 0 Å².